The molecule has 0 saturated heterocycles. The van der Waals surface area contributed by atoms with Gasteiger partial charge in [-0.25, -0.2) is 0 Å². The van der Waals surface area contributed by atoms with Crippen molar-refractivity contribution >= 4 is 0 Å². The third kappa shape index (κ3) is 6.40. The maximum absolute atomic E-state index is 9.61. The van der Waals surface area contributed by atoms with E-state index in [4.69, 9.17) is 0 Å². The summed E-state index contributed by atoms with van der Waals surface area (Å²) in [5.74, 6) is 4.77. The van der Waals surface area contributed by atoms with Crippen LogP contribution in [0.25, 0.3) is 0 Å². The molecule has 1 heteroatoms. The van der Waals surface area contributed by atoms with Gasteiger partial charge in [-0.2, -0.15) is 0 Å². The van der Waals surface area contributed by atoms with Crippen LogP contribution in [0.5, 0.6) is 0 Å². The van der Waals surface area contributed by atoms with Crippen molar-refractivity contribution in [3.8, 4) is 0 Å². The SMILES string of the molecule is CC[C@H](CC(C)CCCC1CCC(O)CC1)C1CCCCC1C. The molecular weight excluding hydrogens is 280 g/mol. The lowest BCUT2D eigenvalue weighted by Gasteiger charge is -2.36. The van der Waals surface area contributed by atoms with Gasteiger partial charge in [0.05, 0.1) is 6.10 Å². The molecule has 0 bridgehead atoms. The molecule has 4 atom stereocenters. The Kier molecular flexibility index (Phi) is 8.44. The van der Waals surface area contributed by atoms with Gasteiger partial charge in [-0.1, -0.05) is 65.7 Å². The average Bonchev–Trinajstić information content (AvgIpc) is 2.55. The molecule has 0 aromatic carbocycles. The van der Waals surface area contributed by atoms with Crippen LogP contribution in [0, 0.1) is 29.6 Å². The summed E-state index contributed by atoms with van der Waals surface area (Å²) in [5.41, 5.74) is 0. The highest BCUT2D eigenvalue weighted by molar-refractivity contribution is 4.79. The molecule has 2 rings (SSSR count). The number of rotatable bonds is 8. The highest BCUT2D eigenvalue weighted by Crippen LogP contribution is 2.39. The summed E-state index contributed by atoms with van der Waals surface area (Å²) in [6.45, 7) is 7.43. The van der Waals surface area contributed by atoms with Gasteiger partial charge in [0.15, 0.2) is 0 Å². The monoisotopic (exact) mass is 322 g/mol. The Morgan fingerprint density at radius 2 is 1.70 bits per heavy atom. The van der Waals surface area contributed by atoms with E-state index in [1.54, 1.807) is 0 Å². The highest BCUT2D eigenvalue weighted by atomic mass is 16.3. The van der Waals surface area contributed by atoms with Crippen molar-refractivity contribution in [1.82, 2.24) is 0 Å². The van der Waals surface area contributed by atoms with E-state index in [1.165, 1.54) is 70.6 Å². The Morgan fingerprint density at radius 1 is 1.00 bits per heavy atom. The Morgan fingerprint density at radius 3 is 2.35 bits per heavy atom. The van der Waals surface area contributed by atoms with Crippen LogP contribution in [-0.2, 0) is 0 Å². The zero-order chi connectivity index (χ0) is 16.7. The predicted molar refractivity (Wildman–Crippen MR) is 100 cm³/mol. The smallest absolute Gasteiger partial charge is 0.0540 e. The van der Waals surface area contributed by atoms with Gasteiger partial charge in [0, 0.05) is 0 Å². The molecule has 1 N–H and O–H groups in total. The van der Waals surface area contributed by atoms with E-state index in [0.717, 1.165) is 42.4 Å². The average molecular weight is 323 g/mol. The molecule has 23 heavy (non-hydrogen) atoms. The topological polar surface area (TPSA) is 20.2 Å². The van der Waals surface area contributed by atoms with E-state index in [-0.39, 0.29) is 6.10 Å². The van der Waals surface area contributed by atoms with Crippen LogP contribution in [0.1, 0.15) is 104 Å². The van der Waals surface area contributed by atoms with Gasteiger partial charge in [0.25, 0.3) is 0 Å². The molecule has 0 aliphatic heterocycles. The zero-order valence-electron chi connectivity index (χ0n) is 16.1. The Hall–Kier alpha value is -0.0400. The highest BCUT2D eigenvalue weighted by Gasteiger charge is 2.29. The van der Waals surface area contributed by atoms with Crippen LogP contribution < -0.4 is 0 Å². The molecule has 0 aromatic rings. The molecule has 0 spiro atoms. The van der Waals surface area contributed by atoms with E-state index in [0.29, 0.717) is 0 Å². The molecule has 0 amide bonds. The first-order valence-electron chi connectivity index (χ1n) is 10.8. The van der Waals surface area contributed by atoms with Crippen LogP contribution in [0.2, 0.25) is 0 Å². The fourth-order valence-corrected chi connectivity index (χ4v) is 5.51. The van der Waals surface area contributed by atoms with Crippen LogP contribution in [0.4, 0.5) is 0 Å². The van der Waals surface area contributed by atoms with Crippen LogP contribution >= 0.6 is 0 Å². The molecule has 2 fully saturated rings. The summed E-state index contributed by atoms with van der Waals surface area (Å²) in [6.07, 6.45) is 17.7. The number of aliphatic hydroxyl groups is 1. The predicted octanol–water partition coefficient (Wildman–Crippen LogP) is 6.59. The molecule has 0 radical (unpaired) electrons. The van der Waals surface area contributed by atoms with Gasteiger partial charge in [0.2, 0.25) is 0 Å². The van der Waals surface area contributed by atoms with E-state index in [2.05, 4.69) is 20.8 Å². The van der Waals surface area contributed by atoms with Gasteiger partial charge >= 0.3 is 0 Å². The fraction of sp³-hybridized carbons (Fsp3) is 1.00. The molecule has 2 aliphatic carbocycles. The standard InChI is InChI=1S/C22H42O/c1-4-20(22-11-6-5-9-18(22)3)16-17(2)8-7-10-19-12-14-21(23)15-13-19/h17-23H,4-16H2,1-3H3/t17?,18?,19?,20-,21?,22?/m1/s1. The largest absolute Gasteiger partial charge is 0.393 e. The minimum atomic E-state index is 0.00738. The minimum Gasteiger partial charge on any atom is -0.393 e. The lowest BCUT2D eigenvalue weighted by molar-refractivity contribution is 0.105. The number of hydrogen-bond acceptors (Lipinski definition) is 1. The first-order valence-corrected chi connectivity index (χ1v) is 10.8. The quantitative estimate of drug-likeness (QED) is 0.534. The van der Waals surface area contributed by atoms with E-state index >= 15 is 0 Å². The Labute approximate surface area is 145 Å². The molecule has 0 heterocycles. The molecule has 136 valence electrons. The number of hydrogen-bond donors (Lipinski definition) is 1. The lowest BCUT2D eigenvalue weighted by atomic mass is 9.69. The Bertz CT molecular complexity index is 305. The third-order valence-corrected chi connectivity index (χ3v) is 7.14. The van der Waals surface area contributed by atoms with Gasteiger partial charge in [-0.3, -0.25) is 0 Å². The second-order valence-electron chi connectivity index (χ2n) is 9.04. The van der Waals surface area contributed by atoms with Gasteiger partial charge in [0.1, 0.15) is 0 Å². The first kappa shape index (κ1) is 19.3. The third-order valence-electron chi connectivity index (χ3n) is 7.14. The van der Waals surface area contributed by atoms with Crippen molar-refractivity contribution < 1.29 is 5.11 Å². The van der Waals surface area contributed by atoms with E-state index < -0.39 is 0 Å². The molecule has 0 aromatic heterocycles. The first-order chi connectivity index (χ1) is 11.1. The summed E-state index contributed by atoms with van der Waals surface area (Å²) in [7, 11) is 0. The van der Waals surface area contributed by atoms with Crippen molar-refractivity contribution in [2.24, 2.45) is 29.6 Å². The van der Waals surface area contributed by atoms with E-state index in [9.17, 15) is 5.11 Å². The van der Waals surface area contributed by atoms with Crippen molar-refractivity contribution in [1.29, 1.82) is 0 Å². The van der Waals surface area contributed by atoms with Crippen LogP contribution in [0.3, 0.4) is 0 Å². The van der Waals surface area contributed by atoms with E-state index in [1.807, 2.05) is 0 Å². The van der Waals surface area contributed by atoms with Gasteiger partial charge in [-0.05, 0) is 68.1 Å². The normalized spacial score (nSPS) is 35.0. The van der Waals surface area contributed by atoms with Gasteiger partial charge < -0.3 is 5.11 Å². The molecule has 2 aliphatic rings. The van der Waals surface area contributed by atoms with Crippen molar-refractivity contribution in [2.45, 2.75) is 110 Å². The van der Waals surface area contributed by atoms with Crippen molar-refractivity contribution in [3.63, 3.8) is 0 Å². The molecule has 3 unspecified atom stereocenters. The summed E-state index contributed by atoms with van der Waals surface area (Å²) in [6, 6.07) is 0. The van der Waals surface area contributed by atoms with Crippen LogP contribution in [-0.4, -0.2) is 11.2 Å². The maximum Gasteiger partial charge on any atom is 0.0540 e. The maximum atomic E-state index is 9.61. The second-order valence-corrected chi connectivity index (χ2v) is 9.04. The van der Waals surface area contributed by atoms with Crippen LogP contribution in [0.15, 0.2) is 0 Å². The van der Waals surface area contributed by atoms with Gasteiger partial charge in [-0.15, -0.1) is 0 Å². The fourth-order valence-electron chi connectivity index (χ4n) is 5.51. The van der Waals surface area contributed by atoms with Crippen molar-refractivity contribution in [3.05, 3.63) is 0 Å². The van der Waals surface area contributed by atoms with Crippen molar-refractivity contribution in [2.75, 3.05) is 0 Å². The second kappa shape index (κ2) is 10.1. The number of aliphatic hydroxyl groups excluding tert-OH is 1. The lowest BCUT2D eigenvalue weighted by Crippen LogP contribution is -2.26. The zero-order valence-corrected chi connectivity index (χ0v) is 16.1. The summed E-state index contributed by atoms with van der Waals surface area (Å²) < 4.78 is 0. The Balaban J connectivity index is 1.65. The molecule has 1 nitrogen and oxygen atoms in total. The minimum absolute atomic E-state index is 0.00738. The summed E-state index contributed by atoms with van der Waals surface area (Å²) in [5, 5.41) is 9.61. The molecular formula is C22H42O. The summed E-state index contributed by atoms with van der Waals surface area (Å²) >= 11 is 0. The molecule has 2 saturated carbocycles. The summed E-state index contributed by atoms with van der Waals surface area (Å²) in [4.78, 5) is 0.